The van der Waals surface area contributed by atoms with Gasteiger partial charge in [-0.3, -0.25) is 0 Å². The van der Waals surface area contributed by atoms with Crippen LogP contribution in [0.5, 0.6) is 5.88 Å². The SMILES string of the molecule is CCOc1nc(COC)nc(NCCN(CC)CC)c1N. The molecule has 120 valence electrons. The lowest BCUT2D eigenvalue weighted by atomic mass is 10.4. The molecule has 0 spiro atoms. The number of aromatic nitrogens is 2. The van der Waals surface area contributed by atoms with Crippen molar-refractivity contribution >= 4 is 11.5 Å². The zero-order valence-electron chi connectivity index (χ0n) is 13.5. The summed E-state index contributed by atoms with van der Waals surface area (Å²) in [6.07, 6.45) is 0. The molecular weight excluding hydrogens is 270 g/mol. The quantitative estimate of drug-likeness (QED) is 0.674. The van der Waals surface area contributed by atoms with Crippen LogP contribution in [0.2, 0.25) is 0 Å². The summed E-state index contributed by atoms with van der Waals surface area (Å²) in [6, 6.07) is 0. The van der Waals surface area contributed by atoms with Crippen molar-refractivity contribution in [2.24, 2.45) is 0 Å². The Labute approximate surface area is 126 Å². The predicted molar refractivity (Wildman–Crippen MR) is 84.6 cm³/mol. The molecule has 1 aromatic heterocycles. The van der Waals surface area contributed by atoms with Gasteiger partial charge in [-0.1, -0.05) is 13.8 Å². The number of nitrogens with zero attached hydrogens (tertiary/aromatic N) is 3. The molecule has 1 aromatic rings. The van der Waals surface area contributed by atoms with Gasteiger partial charge >= 0.3 is 0 Å². The van der Waals surface area contributed by atoms with E-state index in [2.05, 4.69) is 34.0 Å². The molecule has 7 nitrogen and oxygen atoms in total. The number of likely N-dealkylation sites (N-methyl/N-ethyl adjacent to an activating group) is 1. The fourth-order valence-electron chi connectivity index (χ4n) is 1.94. The molecule has 0 atom stereocenters. The Hall–Kier alpha value is -1.60. The summed E-state index contributed by atoms with van der Waals surface area (Å²) in [5.74, 6) is 1.57. The third-order valence-corrected chi connectivity index (χ3v) is 3.13. The number of nitrogens with one attached hydrogen (secondary N) is 1. The van der Waals surface area contributed by atoms with E-state index in [0.717, 1.165) is 26.2 Å². The van der Waals surface area contributed by atoms with Crippen molar-refractivity contribution < 1.29 is 9.47 Å². The first kappa shape index (κ1) is 17.5. The zero-order chi connectivity index (χ0) is 15.7. The number of methoxy groups -OCH3 is 1. The molecule has 0 aliphatic carbocycles. The van der Waals surface area contributed by atoms with Crippen LogP contribution in [0.4, 0.5) is 11.5 Å². The topological polar surface area (TPSA) is 85.5 Å². The third kappa shape index (κ3) is 5.35. The van der Waals surface area contributed by atoms with E-state index in [1.807, 2.05) is 6.92 Å². The average molecular weight is 297 g/mol. The number of nitrogen functional groups attached to an aromatic ring is 1. The van der Waals surface area contributed by atoms with Gasteiger partial charge in [0.15, 0.2) is 11.6 Å². The number of ether oxygens (including phenoxy) is 2. The lowest BCUT2D eigenvalue weighted by Gasteiger charge is -2.19. The van der Waals surface area contributed by atoms with Gasteiger partial charge in [0, 0.05) is 20.2 Å². The third-order valence-electron chi connectivity index (χ3n) is 3.13. The van der Waals surface area contributed by atoms with Gasteiger partial charge in [-0.25, -0.2) is 4.98 Å². The molecule has 3 N–H and O–H groups in total. The molecule has 1 heterocycles. The Bertz CT molecular complexity index is 424. The van der Waals surface area contributed by atoms with Gasteiger partial charge in [0.05, 0.1) is 6.61 Å². The van der Waals surface area contributed by atoms with Crippen molar-refractivity contribution in [1.82, 2.24) is 14.9 Å². The maximum atomic E-state index is 6.05. The second-order valence-corrected chi connectivity index (χ2v) is 4.53. The molecule has 0 saturated carbocycles. The number of anilines is 2. The van der Waals surface area contributed by atoms with Crippen molar-refractivity contribution in [3.05, 3.63) is 5.82 Å². The van der Waals surface area contributed by atoms with E-state index >= 15 is 0 Å². The summed E-state index contributed by atoms with van der Waals surface area (Å²) >= 11 is 0. The van der Waals surface area contributed by atoms with Crippen LogP contribution >= 0.6 is 0 Å². The Morgan fingerprint density at radius 2 is 1.90 bits per heavy atom. The van der Waals surface area contributed by atoms with Crippen LogP contribution in [0, 0.1) is 0 Å². The van der Waals surface area contributed by atoms with Crippen LogP contribution < -0.4 is 15.8 Å². The van der Waals surface area contributed by atoms with Gasteiger partial charge in [0.2, 0.25) is 5.88 Å². The Morgan fingerprint density at radius 3 is 2.48 bits per heavy atom. The molecule has 0 fully saturated rings. The molecule has 0 saturated heterocycles. The van der Waals surface area contributed by atoms with Gasteiger partial charge in [-0.05, 0) is 20.0 Å². The summed E-state index contributed by atoms with van der Waals surface area (Å²) in [5, 5.41) is 3.26. The fourth-order valence-corrected chi connectivity index (χ4v) is 1.94. The van der Waals surface area contributed by atoms with Crippen LogP contribution in [0.1, 0.15) is 26.6 Å². The predicted octanol–water partition coefficient (Wildman–Crippen LogP) is 1.36. The smallest absolute Gasteiger partial charge is 0.242 e. The lowest BCUT2D eigenvalue weighted by Crippen LogP contribution is -2.29. The fraction of sp³-hybridized carbons (Fsp3) is 0.714. The normalized spacial score (nSPS) is 10.9. The van der Waals surface area contributed by atoms with Crippen molar-refractivity contribution in [3.63, 3.8) is 0 Å². The zero-order valence-corrected chi connectivity index (χ0v) is 13.5. The molecule has 0 aromatic carbocycles. The monoisotopic (exact) mass is 297 g/mol. The minimum Gasteiger partial charge on any atom is -0.476 e. The molecule has 21 heavy (non-hydrogen) atoms. The maximum Gasteiger partial charge on any atom is 0.242 e. The van der Waals surface area contributed by atoms with Gasteiger partial charge < -0.3 is 25.4 Å². The largest absolute Gasteiger partial charge is 0.476 e. The van der Waals surface area contributed by atoms with E-state index in [4.69, 9.17) is 15.2 Å². The van der Waals surface area contributed by atoms with E-state index in [1.165, 1.54) is 0 Å². The molecule has 0 amide bonds. The van der Waals surface area contributed by atoms with Crippen molar-refractivity contribution in [2.45, 2.75) is 27.4 Å². The molecule has 0 aliphatic heterocycles. The van der Waals surface area contributed by atoms with Crippen molar-refractivity contribution in [3.8, 4) is 5.88 Å². The number of nitrogens with two attached hydrogens (primary N) is 1. The van der Waals surface area contributed by atoms with Gasteiger partial charge in [0.25, 0.3) is 0 Å². The van der Waals surface area contributed by atoms with Crippen LogP contribution in [0.3, 0.4) is 0 Å². The summed E-state index contributed by atoms with van der Waals surface area (Å²) in [7, 11) is 1.60. The van der Waals surface area contributed by atoms with Crippen LogP contribution in [0.15, 0.2) is 0 Å². The Kier molecular flexibility index (Phi) is 7.78. The van der Waals surface area contributed by atoms with E-state index in [0.29, 0.717) is 36.4 Å². The van der Waals surface area contributed by atoms with Crippen LogP contribution in [0.25, 0.3) is 0 Å². The molecular formula is C14H27N5O2. The second kappa shape index (κ2) is 9.36. The highest BCUT2D eigenvalue weighted by Crippen LogP contribution is 2.26. The van der Waals surface area contributed by atoms with Gasteiger partial charge in [0.1, 0.15) is 12.3 Å². The first-order valence-corrected chi connectivity index (χ1v) is 7.40. The van der Waals surface area contributed by atoms with E-state index < -0.39 is 0 Å². The molecule has 1 rings (SSSR count). The highest BCUT2D eigenvalue weighted by atomic mass is 16.5. The minimum atomic E-state index is 0.324. The maximum absolute atomic E-state index is 6.05. The first-order valence-electron chi connectivity index (χ1n) is 7.40. The van der Waals surface area contributed by atoms with E-state index in [9.17, 15) is 0 Å². The number of hydrogen-bond donors (Lipinski definition) is 2. The lowest BCUT2D eigenvalue weighted by molar-refractivity contribution is 0.176. The molecule has 0 bridgehead atoms. The van der Waals surface area contributed by atoms with Gasteiger partial charge in [-0.15, -0.1) is 0 Å². The summed E-state index contributed by atoms with van der Waals surface area (Å²) < 4.78 is 10.5. The van der Waals surface area contributed by atoms with Crippen LogP contribution in [-0.4, -0.2) is 54.8 Å². The first-order chi connectivity index (χ1) is 10.2. The minimum absolute atomic E-state index is 0.324. The number of hydrogen-bond acceptors (Lipinski definition) is 7. The van der Waals surface area contributed by atoms with Crippen molar-refractivity contribution in [1.29, 1.82) is 0 Å². The summed E-state index contributed by atoms with van der Waals surface area (Å²) in [5.41, 5.74) is 6.49. The summed E-state index contributed by atoms with van der Waals surface area (Å²) in [6.45, 7) is 10.8. The highest BCUT2D eigenvalue weighted by Gasteiger charge is 2.13. The van der Waals surface area contributed by atoms with Gasteiger partial charge in [-0.2, -0.15) is 4.98 Å². The number of rotatable bonds is 10. The molecule has 0 radical (unpaired) electrons. The summed E-state index contributed by atoms with van der Waals surface area (Å²) in [4.78, 5) is 11.0. The molecule has 0 aliphatic rings. The Morgan fingerprint density at radius 1 is 1.19 bits per heavy atom. The Balaban J connectivity index is 2.78. The molecule has 7 heteroatoms. The highest BCUT2D eigenvalue weighted by molar-refractivity contribution is 5.66. The van der Waals surface area contributed by atoms with E-state index in [-0.39, 0.29) is 0 Å². The molecule has 0 unspecified atom stereocenters. The van der Waals surface area contributed by atoms with Crippen molar-refractivity contribution in [2.75, 3.05) is 50.9 Å². The van der Waals surface area contributed by atoms with Crippen LogP contribution in [-0.2, 0) is 11.3 Å². The average Bonchev–Trinajstić information content (AvgIpc) is 2.48. The van der Waals surface area contributed by atoms with E-state index in [1.54, 1.807) is 7.11 Å². The second-order valence-electron chi connectivity index (χ2n) is 4.53. The standard InChI is InChI=1S/C14H27N5O2/c1-5-19(6-2)9-8-16-13-12(15)14(21-7-3)18-11(17-13)10-20-4/h5-10,15H2,1-4H3,(H,16,17,18).